The fourth-order valence-electron chi connectivity index (χ4n) is 4.46. The normalized spacial score (nSPS) is 36.0. The molecule has 5 heteroatoms. The Labute approximate surface area is 133 Å². The Morgan fingerprint density at radius 1 is 1.14 bits per heavy atom. The maximum atomic E-state index is 12.3. The molecule has 0 aromatic rings. The van der Waals surface area contributed by atoms with Crippen LogP contribution in [-0.2, 0) is 9.53 Å². The summed E-state index contributed by atoms with van der Waals surface area (Å²) in [6.07, 6.45) is 1.44. The summed E-state index contributed by atoms with van der Waals surface area (Å²) in [6, 6.07) is 0. The number of rotatable bonds is 2. The van der Waals surface area contributed by atoms with Crippen LogP contribution in [0.15, 0.2) is 0 Å². The van der Waals surface area contributed by atoms with Gasteiger partial charge in [0.15, 0.2) is 0 Å². The Morgan fingerprint density at radius 2 is 1.73 bits per heavy atom. The fourth-order valence-corrected chi connectivity index (χ4v) is 4.46. The van der Waals surface area contributed by atoms with Gasteiger partial charge in [0.1, 0.15) is 5.60 Å². The second-order valence-corrected chi connectivity index (χ2v) is 8.62. The van der Waals surface area contributed by atoms with E-state index in [1.807, 2.05) is 27.7 Å². The van der Waals surface area contributed by atoms with Crippen LogP contribution >= 0.6 is 0 Å². The Bertz CT molecular complexity index is 481. The third kappa shape index (κ3) is 2.70. The van der Waals surface area contributed by atoms with Crippen molar-refractivity contribution in [3.63, 3.8) is 0 Å². The highest BCUT2D eigenvalue weighted by Crippen LogP contribution is 2.64. The van der Waals surface area contributed by atoms with Gasteiger partial charge in [-0.3, -0.25) is 4.79 Å². The highest BCUT2D eigenvalue weighted by atomic mass is 16.6. The van der Waals surface area contributed by atoms with Gasteiger partial charge in [-0.15, -0.1) is 0 Å². The Balaban J connectivity index is 2.24. The van der Waals surface area contributed by atoms with Crippen molar-refractivity contribution in [3.05, 3.63) is 0 Å². The van der Waals surface area contributed by atoms with E-state index in [1.54, 1.807) is 7.05 Å². The van der Waals surface area contributed by atoms with Gasteiger partial charge in [-0.2, -0.15) is 0 Å². The Kier molecular flexibility index (Phi) is 3.99. The predicted molar refractivity (Wildman–Crippen MR) is 85.3 cm³/mol. The predicted octanol–water partition coefficient (Wildman–Crippen LogP) is 2.70. The lowest BCUT2D eigenvalue weighted by Crippen LogP contribution is -2.72. The summed E-state index contributed by atoms with van der Waals surface area (Å²) in [5.41, 5.74) is -0.968. The quantitative estimate of drug-likeness (QED) is 0.824. The number of hydrogen-bond acceptors (Lipinski definition) is 3. The van der Waals surface area contributed by atoms with Gasteiger partial charge in [0, 0.05) is 7.05 Å². The molecule has 0 heterocycles. The molecule has 0 radical (unpaired) electrons. The molecule has 0 aromatic heterocycles. The van der Waals surface area contributed by atoms with Crippen LogP contribution in [0.2, 0.25) is 0 Å². The van der Waals surface area contributed by atoms with E-state index in [4.69, 9.17) is 4.74 Å². The molecule has 2 bridgehead atoms. The molecule has 0 saturated heterocycles. The van der Waals surface area contributed by atoms with E-state index in [0.29, 0.717) is 5.92 Å². The molecular formula is C17H30N2O3. The molecule has 3 fully saturated rings. The number of fused-ring (bicyclic) bond motifs is 2. The molecular weight excluding hydrogens is 280 g/mol. The number of hydrogen-bond donors (Lipinski definition) is 2. The lowest BCUT2D eigenvalue weighted by atomic mass is 9.40. The summed E-state index contributed by atoms with van der Waals surface area (Å²) in [7, 11) is 1.65. The van der Waals surface area contributed by atoms with Crippen molar-refractivity contribution < 1.29 is 14.3 Å². The molecule has 0 aromatic carbocycles. The summed E-state index contributed by atoms with van der Waals surface area (Å²) in [5, 5.41) is 5.79. The van der Waals surface area contributed by atoms with Crippen molar-refractivity contribution in [2.45, 2.75) is 65.5 Å². The summed E-state index contributed by atoms with van der Waals surface area (Å²) in [5.74, 6) is 0.632. The largest absolute Gasteiger partial charge is 0.444 e. The van der Waals surface area contributed by atoms with E-state index >= 15 is 0 Å². The lowest BCUT2D eigenvalue weighted by Gasteiger charge is -2.66. The number of ether oxygens (including phenoxy) is 1. The van der Waals surface area contributed by atoms with Crippen LogP contribution < -0.4 is 10.6 Å². The first kappa shape index (κ1) is 17.1. The van der Waals surface area contributed by atoms with E-state index in [-0.39, 0.29) is 23.2 Å². The van der Waals surface area contributed by atoms with Crippen molar-refractivity contribution in [2.24, 2.45) is 23.2 Å². The second kappa shape index (κ2) is 5.14. The van der Waals surface area contributed by atoms with Crippen LogP contribution in [-0.4, -0.2) is 30.2 Å². The van der Waals surface area contributed by atoms with Crippen LogP contribution in [0, 0.1) is 23.2 Å². The maximum Gasteiger partial charge on any atom is 0.408 e. The number of carbonyl (C=O) groups excluding carboxylic acids is 2. The maximum absolute atomic E-state index is 12.3. The average molecular weight is 310 g/mol. The number of nitrogens with one attached hydrogen (secondary N) is 2. The SMILES string of the molecule is CNC(=O)[C@H]1C[C@H]2C[C@H](C2(C)C)[C@@]1(C)NC(=O)OC(C)(C)C. The van der Waals surface area contributed by atoms with Crippen LogP contribution in [0.1, 0.15) is 54.4 Å². The van der Waals surface area contributed by atoms with E-state index < -0.39 is 17.2 Å². The molecule has 0 aliphatic heterocycles. The third-order valence-corrected chi connectivity index (χ3v) is 5.77. The van der Waals surface area contributed by atoms with Crippen LogP contribution in [0.4, 0.5) is 4.79 Å². The number of amides is 2. The van der Waals surface area contributed by atoms with Gasteiger partial charge in [-0.25, -0.2) is 4.79 Å². The molecule has 126 valence electrons. The standard InChI is InChI=1S/C17H30N2O3/c1-15(2,3)22-14(21)19-17(6)11(13(20)18-7)8-10-9-12(17)16(10,4)5/h10-12H,8-9H2,1-7H3,(H,18,20)(H,19,21)/t10-,11+,12+,17-/m0/s1. The van der Waals surface area contributed by atoms with Gasteiger partial charge in [0.2, 0.25) is 5.91 Å². The molecule has 0 spiro atoms. The van der Waals surface area contributed by atoms with Crippen LogP contribution in [0.5, 0.6) is 0 Å². The highest BCUT2D eigenvalue weighted by Gasteiger charge is 2.65. The molecule has 22 heavy (non-hydrogen) atoms. The average Bonchev–Trinajstić information content (AvgIpc) is 2.34. The molecule has 3 aliphatic rings. The third-order valence-electron chi connectivity index (χ3n) is 5.77. The van der Waals surface area contributed by atoms with Crippen LogP contribution in [0.3, 0.4) is 0 Å². The molecule has 2 amide bonds. The van der Waals surface area contributed by atoms with Crippen molar-refractivity contribution in [1.29, 1.82) is 0 Å². The summed E-state index contributed by atoms with van der Waals surface area (Å²) in [6.45, 7) is 12.0. The van der Waals surface area contributed by atoms with E-state index in [9.17, 15) is 9.59 Å². The molecule has 3 aliphatic carbocycles. The molecule has 2 N–H and O–H groups in total. The fraction of sp³-hybridized carbons (Fsp3) is 0.882. The zero-order chi connectivity index (χ0) is 16.9. The van der Waals surface area contributed by atoms with Gasteiger partial charge in [0.05, 0.1) is 11.5 Å². The molecule has 4 atom stereocenters. The van der Waals surface area contributed by atoms with Gasteiger partial charge in [-0.1, -0.05) is 13.8 Å². The smallest absolute Gasteiger partial charge is 0.408 e. The summed E-state index contributed by atoms with van der Waals surface area (Å²) in [4.78, 5) is 24.6. The minimum absolute atomic E-state index is 0.00348. The van der Waals surface area contributed by atoms with Gasteiger partial charge < -0.3 is 15.4 Å². The first-order valence-corrected chi connectivity index (χ1v) is 8.14. The minimum Gasteiger partial charge on any atom is -0.444 e. The highest BCUT2D eigenvalue weighted by molar-refractivity contribution is 5.81. The summed E-state index contributed by atoms with van der Waals surface area (Å²) >= 11 is 0. The topological polar surface area (TPSA) is 67.4 Å². The molecule has 5 nitrogen and oxygen atoms in total. The molecule has 3 rings (SSSR count). The van der Waals surface area contributed by atoms with E-state index in [2.05, 4.69) is 24.5 Å². The van der Waals surface area contributed by atoms with E-state index in [0.717, 1.165) is 12.8 Å². The van der Waals surface area contributed by atoms with E-state index in [1.165, 1.54) is 0 Å². The summed E-state index contributed by atoms with van der Waals surface area (Å²) < 4.78 is 5.42. The Morgan fingerprint density at radius 3 is 2.18 bits per heavy atom. The Hall–Kier alpha value is -1.26. The van der Waals surface area contributed by atoms with Gasteiger partial charge >= 0.3 is 6.09 Å². The van der Waals surface area contributed by atoms with Gasteiger partial charge in [0.25, 0.3) is 0 Å². The first-order chi connectivity index (χ1) is 9.91. The lowest BCUT2D eigenvalue weighted by molar-refractivity contribution is -0.166. The van der Waals surface area contributed by atoms with Crippen molar-refractivity contribution in [1.82, 2.24) is 10.6 Å². The van der Waals surface area contributed by atoms with Crippen molar-refractivity contribution in [3.8, 4) is 0 Å². The number of alkyl carbamates (subject to hydrolysis) is 1. The van der Waals surface area contributed by atoms with Crippen molar-refractivity contribution >= 4 is 12.0 Å². The zero-order valence-electron chi connectivity index (χ0n) is 14.9. The van der Waals surface area contributed by atoms with Crippen LogP contribution in [0.25, 0.3) is 0 Å². The second-order valence-electron chi connectivity index (χ2n) is 8.62. The zero-order valence-corrected chi connectivity index (χ0v) is 14.9. The molecule has 0 unspecified atom stereocenters. The minimum atomic E-state index is -0.569. The van der Waals surface area contributed by atoms with Gasteiger partial charge in [-0.05, 0) is 57.8 Å². The monoisotopic (exact) mass is 310 g/mol. The molecule has 3 saturated carbocycles. The van der Waals surface area contributed by atoms with Crippen molar-refractivity contribution in [2.75, 3.05) is 7.05 Å². The first-order valence-electron chi connectivity index (χ1n) is 8.14. The number of carbonyl (C=O) groups is 2.